The van der Waals surface area contributed by atoms with Crippen LogP contribution in [0.15, 0.2) is 41.3 Å². The van der Waals surface area contributed by atoms with Gasteiger partial charge in [-0.05, 0) is 73.6 Å². The minimum absolute atomic E-state index is 0.0705. The Morgan fingerprint density at radius 3 is 2.64 bits per heavy atom. The van der Waals surface area contributed by atoms with Gasteiger partial charge in [-0.15, -0.1) is 0 Å². The molecular formula is C22H26N2O3S. The highest BCUT2D eigenvalue weighted by Gasteiger charge is 2.38. The number of hydrogen-bond acceptors (Lipinski definition) is 3. The number of benzene rings is 2. The van der Waals surface area contributed by atoms with E-state index in [4.69, 9.17) is 0 Å². The Morgan fingerprint density at radius 2 is 1.93 bits per heavy atom. The van der Waals surface area contributed by atoms with E-state index in [1.54, 1.807) is 12.1 Å². The molecule has 2 aromatic carbocycles. The Labute approximate surface area is 166 Å². The smallest absolute Gasteiger partial charge is 0.261 e. The van der Waals surface area contributed by atoms with E-state index in [-0.39, 0.29) is 16.7 Å². The Balaban J connectivity index is 1.63. The summed E-state index contributed by atoms with van der Waals surface area (Å²) >= 11 is 0. The third-order valence-electron chi connectivity index (χ3n) is 5.73. The van der Waals surface area contributed by atoms with E-state index in [1.165, 1.54) is 5.56 Å². The lowest BCUT2D eigenvalue weighted by atomic mass is 9.97. The van der Waals surface area contributed by atoms with Crippen molar-refractivity contribution >= 4 is 27.3 Å². The molecule has 1 amide bonds. The van der Waals surface area contributed by atoms with Crippen molar-refractivity contribution in [3.05, 3.63) is 53.1 Å². The number of carbonyl (C=O) groups is 1. The van der Waals surface area contributed by atoms with Gasteiger partial charge in [0.05, 0.1) is 16.5 Å². The fourth-order valence-corrected chi connectivity index (χ4v) is 5.30. The minimum atomic E-state index is -3.71. The average molecular weight is 399 g/mol. The lowest BCUT2D eigenvalue weighted by Crippen LogP contribution is -2.32. The average Bonchev–Trinajstić information content (AvgIpc) is 2.94. The normalized spacial score (nSPS) is 18.3. The summed E-state index contributed by atoms with van der Waals surface area (Å²) in [4.78, 5) is 14.6. The number of sulfonamides is 1. The number of nitrogens with zero attached hydrogens (tertiary/aromatic N) is 1. The fraction of sp³-hybridized carbons (Fsp3) is 0.409. The van der Waals surface area contributed by atoms with Crippen molar-refractivity contribution in [3.8, 4) is 0 Å². The van der Waals surface area contributed by atoms with Gasteiger partial charge in [0.1, 0.15) is 0 Å². The van der Waals surface area contributed by atoms with Gasteiger partial charge >= 0.3 is 0 Å². The maximum atomic E-state index is 13.0. The first-order valence-corrected chi connectivity index (χ1v) is 11.5. The highest BCUT2D eigenvalue weighted by Crippen LogP contribution is 2.44. The van der Waals surface area contributed by atoms with Crippen molar-refractivity contribution in [3.63, 3.8) is 0 Å². The zero-order valence-corrected chi connectivity index (χ0v) is 17.2. The number of unbranched alkanes of at least 4 members (excludes halogenated alkanes) is 1. The molecule has 148 valence electrons. The van der Waals surface area contributed by atoms with Gasteiger partial charge in [-0.25, -0.2) is 8.42 Å². The van der Waals surface area contributed by atoms with Crippen LogP contribution >= 0.6 is 0 Å². The number of nitrogens with one attached hydrogen (secondary N) is 1. The van der Waals surface area contributed by atoms with E-state index in [9.17, 15) is 13.2 Å². The van der Waals surface area contributed by atoms with Crippen LogP contribution in [0.4, 0.5) is 11.4 Å². The first kappa shape index (κ1) is 19.0. The molecule has 0 saturated heterocycles. The number of amides is 1. The quantitative estimate of drug-likeness (QED) is 0.792. The van der Waals surface area contributed by atoms with Crippen molar-refractivity contribution < 1.29 is 13.2 Å². The lowest BCUT2D eigenvalue weighted by molar-refractivity contribution is -0.119. The van der Waals surface area contributed by atoms with Crippen molar-refractivity contribution in [2.75, 3.05) is 16.2 Å². The van der Waals surface area contributed by atoms with Crippen LogP contribution in [0, 0.1) is 0 Å². The van der Waals surface area contributed by atoms with Crippen LogP contribution in [0.2, 0.25) is 0 Å². The van der Waals surface area contributed by atoms with Gasteiger partial charge in [0.15, 0.2) is 0 Å². The Morgan fingerprint density at radius 1 is 1.18 bits per heavy atom. The van der Waals surface area contributed by atoms with Crippen LogP contribution in [0.25, 0.3) is 0 Å². The van der Waals surface area contributed by atoms with Crippen LogP contribution in [-0.2, 0) is 27.7 Å². The van der Waals surface area contributed by atoms with E-state index in [1.807, 2.05) is 36.1 Å². The number of aryl methyl sites for hydroxylation is 2. The molecule has 5 nitrogen and oxygen atoms in total. The van der Waals surface area contributed by atoms with Gasteiger partial charge in [-0.3, -0.25) is 9.52 Å². The topological polar surface area (TPSA) is 66.5 Å². The molecule has 0 radical (unpaired) electrons. The maximum absolute atomic E-state index is 13.0. The summed E-state index contributed by atoms with van der Waals surface area (Å²) in [5, 5.41) is 0. The second-order valence-electron chi connectivity index (χ2n) is 7.74. The van der Waals surface area contributed by atoms with Crippen LogP contribution in [0.3, 0.4) is 0 Å². The van der Waals surface area contributed by atoms with Crippen LogP contribution in [0.5, 0.6) is 0 Å². The third-order valence-corrected chi connectivity index (χ3v) is 7.09. The van der Waals surface area contributed by atoms with E-state index in [0.29, 0.717) is 5.69 Å². The summed E-state index contributed by atoms with van der Waals surface area (Å²) in [5.74, 6) is -0.221. The van der Waals surface area contributed by atoms with Crippen molar-refractivity contribution in [2.45, 2.75) is 56.8 Å². The van der Waals surface area contributed by atoms with E-state index in [0.717, 1.165) is 55.5 Å². The third kappa shape index (κ3) is 3.30. The van der Waals surface area contributed by atoms with Gasteiger partial charge in [-0.2, -0.15) is 0 Å². The molecule has 0 saturated carbocycles. The number of carbonyl (C=O) groups excluding carboxylic acids is 1. The molecule has 2 aliphatic heterocycles. The van der Waals surface area contributed by atoms with Crippen LogP contribution < -0.4 is 9.62 Å². The fourth-order valence-electron chi connectivity index (χ4n) is 4.15. The molecule has 1 atom stereocenters. The van der Waals surface area contributed by atoms with Crippen molar-refractivity contribution in [2.24, 2.45) is 0 Å². The molecule has 0 spiro atoms. The summed E-state index contributed by atoms with van der Waals surface area (Å²) in [6.45, 7) is 4.73. The molecule has 0 fully saturated rings. The number of hydrogen-bond donors (Lipinski definition) is 1. The molecule has 4 rings (SSSR count). The van der Waals surface area contributed by atoms with Crippen molar-refractivity contribution in [1.82, 2.24) is 0 Å². The van der Waals surface area contributed by atoms with E-state index >= 15 is 0 Å². The summed E-state index contributed by atoms with van der Waals surface area (Å²) in [6.07, 6.45) is 4.92. The molecule has 0 aliphatic carbocycles. The summed E-state index contributed by atoms with van der Waals surface area (Å²) in [6, 6.07) is 11.0. The molecule has 2 aliphatic rings. The zero-order chi connectivity index (χ0) is 19.9. The minimum Gasteiger partial charge on any atom is -0.311 e. The lowest BCUT2D eigenvalue weighted by Gasteiger charge is -2.26. The molecule has 2 aromatic rings. The molecule has 0 aromatic heterocycles. The monoisotopic (exact) mass is 398 g/mol. The van der Waals surface area contributed by atoms with Crippen LogP contribution in [-0.4, -0.2) is 20.9 Å². The van der Waals surface area contributed by atoms with Gasteiger partial charge in [-0.1, -0.05) is 25.5 Å². The van der Waals surface area contributed by atoms with Gasteiger partial charge in [0, 0.05) is 12.2 Å². The zero-order valence-electron chi connectivity index (χ0n) is 16.4. The van der Waals surface area contributed by atoms with Crippen LogP contribution in [0.1, 0.15) is 55.7 Å². The van der Waals surface area contributed by atoms with E-state index in [2.05, 4.69) is 11.6 Å². The Kier molecular flexibility index (Phi) is 4.91. The predicted octanol–water partition coefficient (Wildman–Crippen LogP) is 4.23. The summed E-state index contributed by atoms with van der Waals surface area (Å²) < 4.78 is 28.7. The molecular weight excluding hydrogens is 372 g/mol. The maximum Gasteiger partial charge on any atom is 0.261 e. The molecule has 6 heteroatoms. The summed E-state index contributed by atoms with van der Waals surface area (Å²) in [7, 11) is -3.71. The number of rotatable bonds is 6. The Hall–Kier alpha value is -2.34. The van der Waals surface area contributed by atoms with E-state index < -0.39 is 10.0 Å². The highest BCUT2D eigenvalue weighted by atomic mass is 32.2. The Bertz CT molecular complexity index is 1010. The molecule has 1 N–H and O–H groups in total. The first-order chi connectivity index (χ1) is 13.4. The SMILES string of the molecule is CCCCc1ccc(NS(=O)(=O)c2cc3c4c(c2)C(C)C(=O)N4CCC3)cc1. The molecule has 2 heterocycles. The number of anilines is 2. The highest BCUT2D eigenvalue weighted by molar-refractivity contribution is 7.92. The van der Waals surface area contributed by atoms with Crippen molar-refractivity contribution in [1.29, 1.82) is 0 Å². The van der Waals surface area contributed by atoms with Gasteiger partial charge in [0.25, 0.3) is 10.0 Å². The van der Waals surface area contributed by atoms with Gasteiger partial charge < -0.3 is 4.90 Å². The predicted molar refractivity (Wildman–Crippen MR) is 111 cm³/mol. The second kappa shape index (κ2) is 7.24. The standard InChI is InChI=1S/C22H26N2O3S/c1-3-4-6-16-8-10-18(11-9-16)23-28(26,27)19-13-17-7-5-12-24-21(17)20(14-19)15(2)22(24)25/h8-11,13-15,23H,3-7,12H2,1-2H3. The molecule has 0 bridgehead atoms. The second-order valence-corrected chi connectivity index (χ2v) is 9.42. The molecule has 1 unspecified atom stereocenters. The summed E-state index contributed by atoms with van der Waals surface area (Å²) in [5.41, 5.74) is 4.48. The van der Waals surface area contributed by atoms with Gasteiger partial charge in [0.2, 0.25) is 5.91 Å². The molecule has 28 heavy (non-hydrogen) atoms. The largest absolute Gasteiger partial charge is 0.311 e. The first-order valence-electron chi connectivity index (χ1n) is 10.0.